The Morgan fingerprint density at radius 1 is 0.900 bits per heavy atom. The molecule has 2 aromatic carbocycles. The van der Waals surface area contributed by atoms with Gasteiger partial charge in [-0.1, -0.05) is 30.3 Å². The molecule has 3 nitrogen and oxygen atoms in total. The summed E-state index contributed by atoms with van der Waals surface area (Å²) in [6.45, 7) is 2.12. The Morgan fingerprint density at radius 3 is 2.65 bits per heavy atom. The molecule has 20 heavy (non-hydrogen) atoms. The van der Waals surface area contributed by atoms with E-state index in [1.54, 1.807) is 0 Å². The maximum absolute atomic E-state index is 5.84. The number of rotatable bonds is 5. The number of ether oxygens (including phenoxy) is 2. The molecule has 1 aliphatic rings. The van der Waals surface area contributed by atoms with Gasteiger partial charge in [-0.25, -0.2) is 0 Å². The van der Waals surface area contributed by atoms with Gasteiger partial charge in [0.2, 0.25) is 0 Å². The molecule has 0 amide bonds. The maximum Gasteiger partial charge on any atom is 0.142 e. The molecule has 2 aromatic rings. The fraction of sp³-hybridized carbons (Fsp3) is 0.294. The number of para-hydroxylation sites is 2. The van der Waals surface area contributed by atoms with Crippen molar-refractivity contribution in [2.75, 3.05) is 25.1 Å². The normalized spacial score (nSPS) is 13.2. The summed E-state index contributed by atoms with van der Waals surface area (Å²) >= 11 is 0. The van der Waals surface area contributed by atoms with Crippen molar-refractivity contribution < 1.29 is 9.47 Å². The first-order chi connectivity index (χ1) is 9.93. The summed E-state index contributed by atoms with van der Waals surface area (Å²) in [5.74, 6) is 1.81. The number of benzene rings is 2. The van der Waals surface area contributed by atoms with Crippen LogP contribution in [0.1, 0.15) is 12.0 Å². The van der Waals surface area contributed by atoms with Crippen molar-refractivity contribution in [1.29, 1.82) is 0 Å². The molecule has 1 aliphatic heterocycles. The van der Waals surface area contributed by atoms with Crippen molar-refractivity contribution in [2.24, 2.45) is 0 Å². The molecular formula is C17H19NO2. The molecule has 0 fully saturated rings. The second-order valence-corrected chi connectivity index (χ2v) is 4.83. The van der Waals surface area contributed by atoms with Crippen molar-refractivity contribution in [2.45, 2.75) is 12.8 Å². The summed E-state index contributed by atoms with van der Waals surface area (Å²) in [6.07, 6.45) is 2.31. The van der Waals surface area contributed by atoms with Crippen LogP contribution in [0.2, 0.25) is 0 Å². The number of hydrogen-bond acceptors (Lipinski definition) is 3. The predicted octanol–water partition coefficient (Wildman–Crippen LogP) is 3.50. The van der Waals surface area contributed by atoms with E-state index >= 15 is 0 Å². The Kier molecular flexibility index (Phi) is 4.07. The maximum atomic E-state index is 5.84. The number of anilines is 1. The summed E-state index contributed by atoms with van der Waals surface area (Å²) in [7, 11) is 0. The van der Waals surface area contributed by atoms with E-state index in [1.807, 2.05) is 36.4 Å². The first-order valence-electron chi connectivity index (χ1n) is 7.10. The molecule has 0 unspecified atom stereocenters. The van der Waals surface area contributed by atoms with E-state index in [0.717, 1.165) is 30.2 Å². The summed E-state index contributed by atoms with van der Waals surface area (Å²) < 4.78 is 11.5. The zero-order valence-corrected chi connectivity index (χ0v) is 11.5. The van der Waals surface area contributed by atoms with Crippen LogP contribution in [0.15, 0.2) is 48.5 Å². The van der Waals surface area contributed by atoms with Crippen LogP contribution < -0.4 is 14.8 Å². The summed E-state index contributed by atoms with van der Waals surface area (Å²) in [6, 6.07) is 16.0. The number of aryl methyl sites for hydroxylation is 1. The molecule has 0 atom stereocenters. The lowest BCUT2D eigenvalue weighted by Crippen LogP contribution is -2.15. The minimum absolute atomic E-state index is 0.549. The highest BCUT2D eigenvalue weighted by Crippen LogP contribution is 2.31. The minimum atomic E-state index is 0.549. The van der Waals surface area contributed by atoms with Gasteiger partial charge in [0.1, 0.15) is 24.7 Å². The third kappa shape index (κ3) is 3.05. The van der Waals surface area contributed by atoms with E-state index in [1.165, 1.54) is 12.0 Å². The smallest absolute Gasteiger partial charge is 0.142 e. The van der Waals surface area contributed by atoms with Gasteiger partial charge in [0.15, 0.2) is 0 Å². The van der Waals surface area contributed by atoms with Crippen LogP contribution in [0, 0.1) is 0 Å². The van der Waals surface area contributed by atoms with Gasteiger partial charge in [-0.3, -0.25) is 0 Å². The molecule has 3 heteroatoms. The Morgan fingerprint density at radius 2 is 1.75 bits per heavy atom. The van der Waals surface area contributed by atoms with Crippen molar-refractivity contribution in [3.05, 3.63) is 54.1 Å². The van der Waals surface area contributed by atoms with Gasteiger partial charge >= 0.3 is 0 Å². The second-order valence-electron chi connectivity index (χ2n) is 4.83. The molecule has 1 heterocycles. The van der Waals surface area contributed by atoms with Crippen LogP contribution in [0.4, 0.5) is 5.69 Å². The van der Waals surface area contributed by atoms with Gasteiger partial charge < -0.3 is 14.8 Å². The van der Waals surface area contributed by atoms with E-state index in [9.17, 15) is 0 Å². The van der Waals surface area contributed by atoms with Gasteiger partial charge in [-0.15, -0.1) is 0 Å². The highest BCUT2D eigenvalue weighted by molar-refractivity contribution is 5.63. The molecule has 0 spiro atoms. The average Bonchev–Trinajstić information content (AvgIpc) is 2.53. The highest BCUT2D eigenvalue weighted by atomic mass is 16.5. The Bertz CT molecular complexity index is 554. The van der Waals surface area contributed by atoms with Crippen molar-refractivity contribution in [3.8, 4) is 11.5 Å². The molecule has 0 saturated carbocycles. The molecule has 1 N–H and O–H groups in total. The Hall–Kier alpha value is -2.16. The lowest BCUT2D eigenvalue weighted by atomic mass is 10.0. The number of nitrogens with one attached hydrogen (secondary N) is 1. The minimum Gasteiger partial charge on any atom is -0.490 e. The molecule has 0 radical (unpaired) electrons. The van der Waals surface area contributed by atoms with Gasteiger partial charge in [0, 0.05) is 6.54 Å². The van der Waals surface area contributed by atoms with Crippen LogP contribution in [0.25, 0.3) is 0 Å². The Labute approximate surface area is 119 Å². The highest BCUT2D eigenvalue weighted by Gasteiger charge is 2.12. The molecule has 104 valence electrons. The third-order valence-corrected chi connectivity index (χ3v) is 3.39. The predicted molar refractivity (Wildman–Crippen MR) is 80.7 cm³/mol. The summed E-state index contributed by atoms with van der Waals surface area (Å²) in [5, 5.41) is 3.42. The number of fused-ring (bicyclic) bond motifs is 1. The summed E-state index contributed by atoms with van der Waals surface area (Å²) in [5.41, 5.74) is 2.50. The van der Waals surface area contributed by atoms with E-state index in [4.69, 9.17) is 9.47 Å². The number of hydrogen-bond donors (Lipinski definition) is 1. The van der Waals surface area contributed by atoms with Gasteiger partial charge in [0.25, 0.3) is 0 Å². The monoisotopic (exact) mass is 269 g/mol. The Balaban J connectivity index is 1.54. The molecule has 3 rings (SSSR count). The topological polar surface area (TPSA) is 30.5 Å². The SMILES string of the molecule is c1ccc(OCCOc2cccc3c2NCCC3)cc1. The van der Waals surface area contributed by atoms with Gasteiger partial charge in [-0.05, 0) is 36.6 Å². The fourth-order valence-electron chi connectivity index (χ4n) is 2.43. The summed E-state index contributed by atoms with van der Waals surface area (Å²) in [4.78, 5) is 0. The van der Waals surface area contributed by atoms with Gasteiger partial charge in [-0.2, -0.15) is 0 Å². The fourth-order valence-corrected chi connectivity index (χ4v) is 2.43. The first-order valence-corrected chi connectivity index (χ1v) is 7.10. The van der Waals surface area contributed by atoms with E-state index in [-0.39, 0.29) is 0 Å². The molecule has 0 saturated heterocycles. The lowest BCUT2D eigenvalue weighted by molar-refractivity contribution is 0.217. The molecular weight excluding hydrogens is 250 g/mol. The van der Waals surface area contributed by atoms with Crippen molar-refractivity contribution in [3.63, 3.8) is 0 Å². The standard InChI is InChI=1S/C17H19NO2/c1-2-8-15(9-3-1)19-12-13-20-16-10-4-6-14-7-5-11-18-17(14)16/h1-4,6,8-10,18H,5,7,11-13H2. The van der Waals surface area contributed by atoms with Crippen molar-refractivity contribution in [1.82, 2.24) is 0 Å². The van der Waals surface area contributed by atoms with Crippen LogP contribution >= 0.6 is 0 Å². The zero-order valence-electron chi connectivity index (χ0n) is 11.5. The van der Waals surface area contributed by atoms with Gasteiger partial charge in [0.05, 0.1) is 5.69 Å². The van der Waals surface area contributed by atoms with Crippen LogP contribution in [0.5, 0.6) is 11.5 Å². The lowest BCUT2D eigenvalue weighted by Gasteiger charge is -2.21. The quantitative estimate of drug-likeness (QED) is 0.843. The van der Waals surface area contributed by atoms with Crippen LogP contribution in [-0.2, 0) is 6.42 Å². The third-order valence-electron chi connectivity index (χ3n) is 3.39. The average molecular weight is 269 g/mol. The molecule has 0 bridgehead atoms. The van der Waals surface area contributed by atoms with Crippen molar-refractivity contribution >= 4 is 5.69 Å². The van der Waals surface area contributed by atoms with Crippen LogP contribution in [0.3, 0.4) is 0 Å². The van der Waals surface area contributed by atoms with Crippen LogP contribution in [-0.4, -0.2) is 19.8 Å². The largest absolute Gasteiger partial charge is 0.490 e. The molecule has 0 aliphatic carbocycles. The second kappa shape index (κ2) is 6.33. The van der Waals surface area contributed by atoms with E-state index < -0.39 is 0 Å². The van der Waals surface area contributed by atoms with E-state index in [2.05, 4.69) is 17.4 Å². The zero-order chi connectivity index (χ0) is 13.6. The first kappa shape index (κ1) is 12.9. The molecule has 0 aromatic heterocycles. The van der Waals surface area contributed by atoms with E-state index in [0.29, 0.717) is 13.2 Å².